The Hall–Kier alpha value is -2.30. The Morgan fingerprint density at radius 1 is 1.43 bits per heavy atom. The average molecular weight is 288 g/mol. The molecule has 0 fully saturated rings. The van der Waals surface area contributed by atoms with E-state index in [1.165, 1.54) is 11.6 Å². The molecule has 0 aliphatic heterocycles. The first kappa shape index (κ1) is 15.1. The fourth-order valence-corrected chi connectivity index (χ4v) is 2.65. The summed E-state index contributed by atoms with van der Waals surface area (Å²) in [6.45, 7) is 3.50. The Labute approximate surface area is 124 Å². The van der Waals surface area contributed by atoms with Crippen LogP contribution in [0, 0.1) is 0 Å². The van der Waals surface area contributed by atoms with Crippen molar-refractivity contribution in [3.8, 4) is 0 Å². The lowest BCUT2D eigenvalue weighted by Gasteiger charge is -2.27. The van der Waals surface area contributed by atoms with Gasteiger partial charge in [0.15, 0.2) is 0 Å². The van der Waals surface area contributed by atoms with Crippen LogP contribution in [0.2, 0.25) is 0 Å². The predicted octanol–water partition coefficient (Wildman–Crippen LogP) is 2.39. The standard InChI is InChI=1S/C16H20N2O3/c1-2-6-14(15(19)20)18-16(21)17-13-10-5-8-11-7-3-4-9-12(11)13/h2-4,7,9,13-14H,1,5-6,8,10H2,(H,19,20)(H2,17,18,21). The van der Waals surface area contributed by atoms with Crippen molar-refractivity contribution in [1.29, 1.82) is 0 Å². The van der Waals surface area contributed by atoms with Crippen LogP contribution in [0.1, 0.15) is 36.4 Å². The molecular weight excluding hydrogens is 268 g/mol. The summed E-state index contributed by atoms with van der Waals surface area (Å²) in [5.41, 5.74) is 2.37. The SMILES string of the molecule is C=CCC(NC(=O)NC1CCCc2ccccc21)C(=O)O. The van der Waals surface area contributed by atoms with Crippen LogP contribution >= 0.6 is 0 Å². The van der Waals surface area contributed by atoms with Gasteiger partial charge in [0.2, 0.25) is 0 Å². The van der Waals surface area contributed by atoms with Gasteiger partial charge in [-0.05, 0) is 36.8 Å². The molecular formula is C16H20N2O3. The molecule has 1 aliphatic carbocycles. The van der Waals surface area contributed by atoms with Gasteiger partial charge in [-0.3, -0.25) is 0 Å². The van der Waals surface area contributed by atoms with E-state index in [1.807, 2.05) is 18.2 Å². The maximum Gasteiger partial charge on any atom is 0.326 e. The van der Waals surface area contributed by atoms with Crippen LogP contribution in [0.4, 0.5) is 4.79 Å². The van der Waals surface area contributed by atoms with E-state index in [4.69, 9.17) is 5.11 Å². The topological polar surface area (TPSA) is 78.4 Å². The van der Waals surface area contributed by atoms with E-state index >= 15 is 0 Å². The smallest absolute Gasteiger partial charge is 0.326 e. The van der Waals surface area contributed by atoms with Gasteiger partial charge in [0.1, 0.15) is 6.04 Å². The molecule has 0 aromatic heterocycles. The lowest BCUT2D eigenvalue weighted by molar-refractivity contribution is -0.139. The van der Waals surface area contributed by atoms with Gasteiger partial charge in [-0.2, -0.15) is 0 Å². The molecule has 1 aromatic rings. The average Bonchev–Trinajstić information content (AvgIpc) is 2.47. The molecule has 2 amide bonds. The molecule has 0 spiro atoms. The number of carboxylic acids is 1. The molecule has 5 nitrogen and oxygen atoms in total. The number of urea groups is 1. The van der Waals surface area contributed by atoms with Crippen LogP contribution in [0.25, 0.3) is 0 Å². The Morgan fingerprint density at radius 3 is 2.90 bits per heavy atom. The Bertz CT molecular complexity index is 542. The molecule has 0 saturated heterocycles. The number of carbonyl (C=O) groups excluding carboxylic acids is 1. The van der Waals surface area contributed by atoms with Gasteiger partial charge in [0.05, 0.1) is 6.04 Å². The summed E-state index contributed by atoms with van der Waals surface area (Å²) in [6.07, 6.45) is 4.57. The summed E-state index contributed by atoms with van der Waals surface area (Å²) in [5, 5.41) is 14.4. The van der Waals surface area contributed by atoms with Crippen molar-refractivity contribution in [3.63, 3.8) is 0 Å². The first-order valence-corrected chi connectivity index (χ1v) is 7.10. The zero-order valence-corrected chi connectivity index (χ0v) is 11.8. The van der Waals surface area contributed by atoms with E-state index in [0.29, 0.717) is 0 Å². The number of fused-ring (bicyclic) bond motifs is 1. The number of nitrogens with one attached hydrogen (secondary N) is 2. The zero-order chi connectivity index (χ0) is 15.2. The van der Waals surface area contributed by atoms with Gasteiger partial charge in [-0.1, -0.05) is 30.3 Å². The second-order valence-corrected chi connectivity index (χ2v) is 5.18. The van der Waals surface area contributed by atoms with Crippen molar-refractivity contribution < 1.29 is 14.7 Å². The number of hydrogen-bond donors (Lipinski definition) is 3. The fourth-order valence-electron chi connectivity index (χ4n) is 2.65. The van der Waals surface area contributed by atoms with Gasteiger partial charge >= 0.3 is 12.0 Å². The highest BCUT2D eigenvalue weighted by Crippen LogP contribution is 2.29. The molecule has 1 aliphatic rings. The number of aliphatic carboxylic acids is 1. The molecule has 1 aromatic carbocycles. The van der Waals surface area contributed by atoms with E-state index in [0.717, 1.165) is 24.8 Å². The van der Waals surface area contributed by atoms with E-state index in [-0.39, 0.29) is 12.5 Å². The largest absolute Gasteiger partial charge is 0.480 e. The van der Waals surface area contributed by atoms with Crippen molar-refractivity contribution in [2.45, 2.75) is 37.8 Å². The van der Waals surface area contributed by atoms with E-state index in [2.05, 4.69) is 23.3 Å². The van der Waals surface area contributed by atoms with E-state index < -0.39 is 18.0 Å². The first-order chi connectivity index (χ1) is 10.1. The number of rotatable bonds is 5. The van der Waals surface area contributed by atoms with Crippen LogP contribution in [0.15, 0.2) is 36.9 Å². The van der Waals surface area contributed by atoms with Crippen LogP contribution in [-0.2, 0) is 11.2 Å². The van der Waals surface area contributed by atoms with Gasteiger partial charge in [0.25, 0.3) is 0 Å². The lowest BCUT2D eigenvalue weighted by atomic mass is 9.88. The quantitative estimate of drug-likeness (QED) is 0.728. The number of carboxylic acid groups (broad SMARTS) is 1. The Morgan fingerprint density at radius 2 is 2.19 bits per heavy atom. The van der Waals surface area contributed by atoms with Crippen molar-refractivity contribution >= 4 is 12.0 Å². The third-order valence-electron chi connectivity index (χ3n) is 3.68. The van der Waals surface area contributed by atoms with Crippen LogP contribution in [0.3, 0.4) is 0 Å². The molecule has 112 valence electrons. The fraction of sp³-hybridized carbons (Fsp3) is 0.375. The first-order valence-electron chi connectivity index (χ1n) is 7.10. The monoisotopic (exact) mass is 288 g/mol. The van der Waals surface area contributed by atoms with Crippen molar-refractivity contribution in [1.82, 2.24) is 10.6 Å². The highest BCUT2D eigenvalue weighted by molar-refractivity contribution is 5.82. The second kappa shape index (κ2) is 6.92. The molecule has 0 bridgehead atoms. The third-order valence-corrected chi connectivity index (χ3v) is 3.68. The minimum atomic E-state index is -1.06. The van der Waals surface area contributed by atoms with E-state index in [1.54, 1.807) is 0 Å². The maximum atomic E-state index is 12.0. The van der Waals surface area contributed by atoms with Gasteiger partial charge in [0, 0.05) is 0 Å². The zero-order valence-electron chi connectivity index (χ0n) is 11.8. The molecule has 5 heteroatoms. The van der Waals surface area contributed by atoms with Crippen molar-refractivity contribution in [2.24, 2.45) is 0 Å². The predicted molar refractivity (Wildman–Crippen MR) is 80.0 cm³/mol. The summed E-state index contributed by atoms with van der Waals surface area (Å²) in [7, 11) is 0. The van der Waals surface area contributed by atoms with Crippen molar-refractivity contribution in [2.75, 3.05) is 0 Å². The van der Waals surface area contributed by atoms with Crippen LogP contribution < -0.4 is 10.6 Å². The minimum Gasteiger partial charge on any atom is -0.480 e. The summed E-state index contributed by atoms with van der Waals surface area (Å²) in [5.74, 6) is -1.06. The molecule has 0 saturated carbocycles. The summed E-state index contributed by atoms with van der Waals surface area (Å²) < 4.78 is 0. The molecule has 2 atom stereocenters. The number of aryl methyl sites for hydroxylation is 1. The van der Waals surface area contributed by atoms with Gasteiger partial charge in [-0.15, -0.1) is 6.58 Å². The molecule has 0 radical (unpaired) electrons. The molecule has 3 N–H and O–H groups in total. The number of carbonyl (C=O) groups is 2. The number of amides is 2. The highest BCUT2D eigenvalue weighted by Gasteiger charge is 2.23. The summed E-state index contributed by atoms with van der Waals surface area (Å²) >= 11 is 0. The maximum absolute atomic E-state index is 12.0. The lowest BCUT2D eigenvalue weighted by Crippen LogP contribution is -2.47. The second-order valence-electron chi connectivity index (χ2n) is 5.18. The van der Waals surface area contributed by atoms with Gasteiger partial charge in [-0.25, -0.2) is 9.59 Å². The summed E-state index contributed by atoms with van der Waals surface area (Å²) in [4.78, 5) is 23.0. The number of benzene rings is 1. The minimum absolute atomic E-state index is 0.0619. The highest BCUT2D eigenvalue weighted by atomic mass is 16.4. The Balaban J connectivity index is 2.00. The molecule has 21 heavy (non-hydrogen) atoms. The normalized spacial score (nSPS) is 18.2. The molecule has 0 heterocycles. The van der Waals surface area contributed by atoms with Crippen molar-refractivity contribution in [3.05, 3.63) is 48.0 Å². The summed E-state index contributed by atoms with van der Waals surface area (Å²) in [6, 6.07) is 6.57. The molecule has 2 unspecified atom stereocenters. The van der Waals surface area contributed by atoms with Gasteiger partial charge < -0.3 is 15.7 Å². The third kappa shape index (κ3) is 3.84. The Kier molecular flexibility index (Phi) is 4.98. The molecule has 2 rings (SSSR count). The number of hydrogen-bond acceptors (Lipinski definition) is 2. The van der Waals surface area contributed by atoms with Crippen LogP contribution in [0.5, 0.6) is 0 Å². The van der Waals surface area contributed by atoms with Crippen LogP contribution in [-0.4, -0.2) is 23.1 Å². The van der Waals surface area contributed by atoms with E-state index in [9.17, 15) is 9.59 Å².